The molecule has 1 N–H and O–H groups in total. The number of para-hydroxylation sites is 1. The Morgan fingerprint density at radius 3 is 2.87 bits per heavy atom. The second kappa shape index (κ2) is 9.17. The summed E-state index contributed by atoms with van der Waals surface area (Å²) in [6.07, 6.45) is 3.07. The fourth-order valence-electron chi connectivity index (χ4n) is 4.14. The van der Waals surface area contributed by atoms with Crippen LogP contribution in [0.4, 0.5) is 0 Å². The molecule has 2 fully saturated rings. The monoisotopic (exact) mass is 425 g/mol. The van der Waals surface area contributed by atoms with Gasteiger partial charge in [-0.1, -0.05) is 18.2 Å². The van der Waals surface area contributed by atoms with Crippen LogP contribution in [0.3, 0.4) is 0 Å². The molecular weight excluding hydrogens is 398 g/mol. The van der Waals surface area contributed by atoms with Crippen LogP contribution in [0, 0.1) is 0 Å². The summed E-state index contributed by atoms with van der Waals surface area (Å²) in [5.74, 6) is 1.42. The van der Waals surface area contributed by atoms with Gasteiger partial charge in [-0.25, -0.2) is 9.97 Å². The van der Waals surface area contributed by atoms with Crippen LogP contribution in [0.15, 0.2) is 35.4 Å². The largest absolute Gasteiger partial charge is 0.492 e. The van der Waals surface area contributed by atoms with E-state index >= 15 is 0 Å². The summed E-state index contributed by atoms with van der Waals surface area (Å²) in [5, 5.41) is 0. The molecule has 0 aliphatic carbocycles. The van der Waals surface area contributed by atoms with Gasteiger partial charge in [0.05, 0.1) is 32.2 Å². The molecule has 0 spiro atoms. The number of fused-ring (bicyclic) bond motifs is 1. The fraction of sp³-hybridized carbons (Fsp3) is 0.500. The van der Waals surface area contributed by atoms with Crippen LogP contribution < -0.4 is 10.3 Å². The van der Waals surface area contributed by atoms with Gasteiger partial charge in [0, 0.05) is 38.2 Å². The first kappa shape index (κ1) is 20.2. The van der Waals surface area contributed by atoms with Crippen molar-refractivity contribution >= 4 is 11.2 Å². The molecule has 31 heavy (non-hydrogen) atoms. The minimum absolute atomic E-state index is 0.169. The average molecular weight is 425 g/mol. The minimum atomic E-state index is -0.219. The molecule has 3 aromatic rings. The van der Waals surface area contributed by atoms with Gasteiger partial charge in [0.1, 0.15) is 18.2 Å². The molecule has 2 aromatic heterocycles. The molecule has 1 atom stereocenters. The maximum atomic E-state index is 12.6. The Bertz CT molecular complexity index is 1080. The van der Waals surface area contributed by atoms with Gasteiger partial charge < -0.3 is 23.8 Å². The number of nitrogens with zero attached hydrogens (tertiary/aromatic N) is 4. The Kier molecular flexibility index (Phi) is 5.97. The van der Waals surface area contributed by atoms with E-state index in [1.165, 1.54) is 0 Å². The molecule has 2 saturated heterocycles. The molecule has 5 rings (SSSR count). The fourth-order valence-corrected chi connectivity index (χ4v) is 4.14. The summed E-state index contributed by atoms with van der Waals surface area (Å²) in [6, 6.07) is 8.08. The number of nitrogens with one attached hydrogen (secondary N) is 1. The number of aromatic amines is 1. The van der Waals surface area contributed by atoms with E-state index in [-0.39, 0.29) is 11.6 Å². The van der Waals surface area contributed by atoms with Gasteiger partial charge in [0.15, 0.2) is 11.2 Å². The predicted octanol–water partition coefficient (Wildman–Crippen LogP) is 1.38. The van der Waals surface area contributed by atoms with Crippen LogP contribution in [0.5, 0.6) is 5.75 Å². The van der Waals surface area contributed by atoms with Gasteiger partial charge in [-0.15, -0.1) is 0 Å². The lowest BCUT2D eigenvalue weighted by atomic mass is 10.1. The first-order valence-corrected chi connectivity index (χ1v) is 10.8. The first-order chi connectivity index (χ1) is 15.3. The van der Waals surface area contributed by atoms with Crippen molar-refractivity contribution in [3.05, 3.63) is 52.3 Å². The zero-order valence-corrected chi connectivity index (χ0v) is 17.5. The number of morpholine rings is 1. The number of rotatable bonds is 7. The molecule has 1 aromatic carbocycles. The highest BCUT2D eigenvalue weighted by molar-refractivity contribution is 5.69. The van der Waals surface area contributed by atoms with Gasteiger partial charge in [0.25, 0.3) is 5.56 Å². The smallest absolute Gasteiger partial charge is 0.279 e. The summed E-state index contributed by atoms with van der Waals surface area (Å²) in [5.41, 5.74) is 1.75. The van der Waals surface area contributed by atoms with Crippen LogP contribution in [0.1, 0.15) is 23.9 Å². The van der Waals surface area contributed by atoms with E-state index in [9.17, 15) is 4.79 Å². The highest BCUT2D eigenvalue weighted by atomic mass is 16.5. The van der Waals surface area contributed by atoms with Crippen molar-refractivity contribution < 1.29 is 14.2 Å². The van der Waals surface area contributed by atoms with Crippen LogP contribution in [-0.2, 0) is 15.9 Å². The molecule has 0 radical (unpaired) electrons. The number of hydrogen-bond donors (Lipinski definition) is 1. The topological polar surface area (TPSA) is 94.5 Å². The number of H-pyrrole nitrogens is 1. The zero-order valence-electron chi connectivity index (χ0n) is 17.5. The van der Waals surface area contributed by atoms with E-state index in [1.54, 1.807) is 6.33 Å². The van der Waals surface area contributed by atoms with Crippen LogP contribution in [0.25, 0.3) is 11.2 Å². The van der Waals surface area contributed by atoms with E-state index < -0.39 is 0 Å². The molecule has 9 heteroatoms. The Hall–Kier alpha value is -2.75. The molecule has 164 valence electrons. The van der Waals surface area contributed by atoms with Crippen LogP contribution in [0.2, 0.25) is 0 Å². The molecule has 0 bridgehead atoms. The van der Waals surface area contributed by atoms with Crippen molar-refractivity contribution in [3.8, 4) is 5.75 Å². The van der Waals surface area contributed by atoms with E-state index in [1.807, 2.05) is 28.8 Å². The van der Waals surface area contributed by atoms with Gasteiger partial charge in [-0.05, 0) is 12.5 Å². The number of ether oxygens (including phenoxy) is 3. The average Bonchev–Trinajstić information content (AvgIpc) is 3.46. The normalized spacial score (nSPS) is 19.8. The lowest BCUT2D eigenvalue weighted by Gasteiger charge is -2.26. The van der Waals surface area contributed by atoms with Crippen molar-refractivity contribution in [2.24, 2.45) is 0 Å². The maximum Gasteiger partial charge on any atom is 0.279 e. The number of hydrogen-bond acceptors (Lipinski definition) is 7. The third kappa shape index (κ3) is 4.48. The zero-order chi connectivity index (χ0) is 21.0. The Balaban J connectivity index is 1.33. The molecule has 2 aliphatic rings. The molecule has 1 unspecified atom stereocenters. The number of imidazole rings is 1. The molecule has 0 saturated carbocycles. The predicted molar refractivity (Wildman–Crippen MR) is 115 cm³/mol. The Morgan fingerprint density at radius 2 is 2.03 bits per heavy atom. The van der Waals surface area contributed by atoms with E-state index in [2.05, 4.69) is 14.9 Å². The molecule has 0 amide bonds. The van der Waals surface area contributed by atoms with Gasteiger partial charge >= 0.3 is 0 Å². The summed E-state index contributed by atoms with van der Waals surface area (Å²) in [4.78, 5) is 26.8. The molecular formula is C22H27N5O4. The summed E-state index contributed by atoms with van der Waals surface area (Å²) >= 11 is 0. The summed E-state index contributed by atoms with van der Waals surface area (Å²) in [6.45, 7) is 6.25. The lowest BCUT2D eigenvalue weighted by molar-refractivity contribution is 0.0322. The van der Waals surface area contributed by atoms with Gasteiger partial charge in [-0.3, -0.25) is 9.69 Å². The minimum Gasteiger partial charge on any atom is -0.492 e. The van der Waals surface area contributed by atoms with Gasteiger partial charge in [-0.2, -0.15) is 0 Å². The summed E-state index contributed by atoms with van der Waals surface area (Å²) in [7, 11) is 0. The quantitative estimate of drug-likeness (QED) is 0.611. The first-order valence-electron chi connectivity index (χ1n) is 10.8. The Labute approximate surface area is 180 Å². The highest BCUT2D eigenvalue weighted by Crippen LogP contribution is 2.23. The van der Waals surface area contributed by atoms with Crippen molar-refractivity contribution in [2.75, 3.05) is 52.7 Å². The number of benzene rings is 1. The summed E-state index contributed by atoms with van der Waals surface area (Å²) < 4.78 is 18.9. The SMILES string of the molecule is O=c1[nH]c(Cc2ccccc2OCCN2CCOCC2)nc2c1ncn2C1CCOC1. The highest BCUT2D eigenvalue weighted by Gasteiger charge is 2.22. The lowest BCUT2D eigenvalue weighted by Crippen LogP contribution is -2.38. The Morgan fingerprint density at radius 1 is 1.16 bits per heavy atom. The van der Waals surface area contributed by atoms with Gasteiger partial charge in [0.2, 0.25) is 0 Å². The molecule has 9 nitrogen and oxygen atoms in total. The third-order valence-electron chi connectivity index (χ3n) is 5.88. The second-order valence-corrected chi connectivity index (χ2v) is 7.94. The molecule has 2 aliphatic heterocycles. The van der Waals surface area contributed by atoms with Crippen LogP contribution in [-0.4, -0.2) is 77.1 Å². The van der Waals surface area contributed by atoms with Crippen molar-refractivity contribution in [2.45, 2.75) is 18.9 Å². The van der Waals surface area contributed by atoms with E-state index in [4.69, 9.17) is 19.2 Å². The van der Waals surface area contributed by atoms with E-state index in [0.29, 0.717) is 36.6 Å². The van der Waals surface area contributed by atoms with Crippen molar-refractivity contribution in [1.82, 2.24) is 24.4 Å². The standard InChI is InChI=1S/C22H27N5O4/c28-22-20-21(27(15-23-20)17-5-9-30-14-17)24-19(25-22)13-16-3-1-2-4-18(16)31-12-8-26-6-10-29-11-7-26/h1-4,15,17H,5-14H2,(H,24,25,28). The maximum absolute atomic E-state index is 12.6. The van der Waals surface area contributed by atoms with Crippen molar-refractivity contribution in [3.63, 3.8) is 0 Å². The van der Waals surface area contributed by atoms with E-state index in [0.717, 1.165) is 57.2 Å². The van der Waals surface area contributed by atoms with Crippen molar-refractivity contribution in [1.29, 1.82) is 0 Å². The second-order valence-electron chi connectivity index (χ2n) is 7.94. The third-order valence-corrected chi connectivity index (χ3v) is 5.88. The number of aromatic nitrogens is 4. The molecule has 4 heterocycles. The van der Waals surface area contributed by atoms with Crippen LogP contribution >= 0.6 is 0 Å².